The summed E-state index contributed by atoms with van der Waals surface area (Å²) in [5.41, 5.74) is 3.08. The lowest BCUT2D eigenvalue weighted by molar-refractivity contribution is 0.0746. The van der Waals surface area contributed by atoms with Gasteiger partial charge in [-0.25, -0.2) is 4.98 Å². The summed E-state index contributed by atoms with van der Waals surface area (Å²) < 4.78 is 16.3. The van der Waals surface area contributed by atoms with Gasteiger partial charge < -0.3 is 23.7 Å². The lowest BCUT2D eigenvalue weighted by atomic mass is 10.1. The van der Waals surface area contributed by atoms with Crippen LogP contribution in [0.2, 0.25) is 0 Å². The number of amides is 1. The van der Waals surface area contributed by atoms with Crippen molar-refractivity contribution in [2.45, 2.75) is 6.42 Å². The number of anilines is 1. The van der Waals surface area contributed by atoms with Crippen LogP contribution >= 0.6 is 0 Å². The molecule has 0 spiro atoms. The zero-order valence-electron chi connectivity index (χ0n) is 16.8. The van der Waals surface area contributed by atoms with Crippen molar-refractivity contribution in [3.8, 4) is 5.75 Å². The summed E-state index contributed by atoms with van der Waals surface area (Å²) in [5.74, 6) is 1.49. The number of para-hydroxylation sites is 2. The lowest BCUT2D eigenvalue weighted by Crippen LogP contribution is -2.48. The first-order valence-corrected chi connectivity index (χ1v) is 9.75. The van der Waals surface area contributed by atoms with Crippen LogP contribution in [0.15, 0.2) is 46.9 Å². The number of oxazole rings is 1. The molecule has 7 nitrogen and oxygen atoms in total. The summed E-state index contributed by atoms with van der Waals surface area (Å²) in [5, 5.41) is 0. The Hall–Kier alpha value is -3.06. The monoisotopic (exact) mass is 395 g/mol. The Morgan fingerprint density at radius 3 is 2.66 bits per heavy atom. The zero-order valence-corrected chi connectivity index (χ0v) is 16.8. The van der Waals surface area contributed by atoms with E-state index < -0.39 is 0 Å². The molecule has 0 unspecified atom stereocenters. The average molecular weight is 395 g/mol. The van der Waals surface area contributed by atoms with E-state index in [1.54, 1.807) is 20.3 Å². The molecule has 1 fully saturated rings. The van der Waals surface area contributed by atoms with Gasteiger partial charge in [0.15, 0.2) is 11.5 Å². The van der Waals surface area contributed by atoms with Crippen molar-refractivity contribution in [3.63, 3.8) is 0 Å². The molecule has 0 saturated carbocycles. The summed E-state index contributed by atoms with van der Waals surface area (Å²) in [7, 11) is 3.33. The van der Waals surface area contributed by atoms with E-state index in [4.69, 9.17) is 13.9 Å². The molecule has 2 heterocycles. The third-order valence-electron chi connectivity index (χ3n) is 5.19. The largest absolute Gasteiger partial charge is 0.495 e. The number of fused-ring (bicyclic) bond motifs is 1. The molecule has 0 atom stereocenters. The Kier molecular flexibility index (Phi) is 5.67. The van der Waals surface area contributed by atoms with Gasteiger partial charge in [-0.15, -0.1) is 0 Å². The van der Waals surface area contributed by atoms with Crippen LogP contribution in [0.25, 0.3) is 11.1 Å². The number of aromatic nitrogens is 1. The SMILES string of the molecule is COCCc1nc2ccc(C(=O)N3CCN(c4ccccc4OC)CC3)cc2o1. The van der Waals surface area contributed by atoms with E-state index >= 15 is 0 Å². The standard InChI is InChI=1S/C22H25N3O4/c1-27-14-9-21-23-17-8-7-16(15-20(17)29-21)22(26)25-12-10-24(11-13-25)18-5-3-4-6-19(18)28-2/h3-8,15H,9-14H2,1-2H3. The molecule has 7 heteroatoms. The molecule has 1 saturated heterocycles. The van der Waals surface area contributed by atoms with E-state index in [1.807, 2.05) is 35.2 Å². The lowest BCUT2D eigenvalue weighted by Gasteiger charge is -2.36. The van der Waals surface area contributed by atoms with Gasteiger partial charge in [-0.3, -0.25) is 4.79 Å². The molecule has 1 aromatic heterocycles. The van der Waals surface area contributed by atoms with E-state index in [0.29, 0.717) is 43.2 Å². The van der Waals surface area contributed by atoms with E-state index in [0.717, 1.165) is 30.0 Å². The van der Waals surface area contributed by atoms with Gasteiger partial charge in [0.25, 0.3) is 5.91 Å². The minimum absolute atomic E-state index is 0.0152. The van der Waals surface area contributed by atoms with Crippen molar-refractivity contribution in [1.29, 1.82) is 0 Å². The average Bonchev–Trinajstić information content (AvgIpc) is 3.19. The van der Waals surface area contributed by atoms with Gasteiger partial charge in [-0.05, 0) is 30.3 Å². The summed E-state index contributed by atoms with van der Waals surface area (Å²) >= 11 is 0. The fourth-order valence-corrected chi connectivity index (χ4v) is 3.63. The number of rotatable bonds is 6. The predicted octanol–water partition coefficient (Wildman–Crippen LogP) is 2.99. The number of carbonyl (C=O) groups excluding carboxylic acids is 1. The minimum Gasteiger partial charge on any atom is -0.495 e. The molecule has 0 N–H and O–H groups in total. The topological polar surface area (TPSA) is 68.0 Å². The molecule has 1 amide bonds. The van der Waals surface area contributed by atoms with Crippen molar-refractivity contribution < 1.29 is 18.7 Å². The maximum Gasteiger partial charge on any atom is 0.254 e. The fraction of sp³-hybridized carbons (Fsp3) is 0.364. The van der Waals surface area contributed by atoms with Crippen LogP contribution in [0.4, 0.5) is 5.69 Å². The van der Waals surface area contributed by atoms with Crippen molar-refractivity contribution in [2.75, 3.05) is 51.9 Å². The molecular weight excluding hydrogens is 370 g/mol. The zero-order chi connectivity index (χ0) is 20.2. The summed E-state index contributed by atoms with van der Waals surface area (Å²) in [6, 6.07) is 13.4. The van der Waals surface area contributed by atoms with Crippen molar-refractivity contribution in [2.24, 2.45) is 0 Å². The molecule has 1 aliphatic rings. The maximum atomic E-state index is 13.0. The molecule has 4 rings (SSSR count). The van der Waals surface area contributed by atoms with E-state index in [1.165, 1.54) is 0 Å². The summed E-state index contributed by atoms with van der Waals surface area (Å²) in [4.78, 5) is 21.6. The van der Waals surface area contributed by atoms with Gasteiger partial charge in [0.2, 0.25) is 0 Å². The van der Waals surface area contributed by atoms with Gasteiger partial charge in [0.05, 0.1) is 19.4 Å². The maximum absolute atomic E-state index is 13.0. The summed E-state index contributed by atoms with van der Waals surface area (Å²) in [6.45, 7) is 3.39. The smallest absolute Gasteiger partial charge is 0.254 e. The fourth-order valence-electron chi connectivity index (χ4n) is 3.63. The predicted molar refractivity (Wildman–Crippen MR) is 111 cm³/mol. The van der Waals surface area contributed by atoms with Gasteiger partial charge in [0, 0.05) is 45.3 Å². The normalized spacial score (nSPS) is 14.4. The second kappa shape index (κ2) is 8.53. The second-order valence-electron chi connectivity index (χ2n) is 6.98. The Labute approximate surface area is 169 Å². The Balaban J connectivity index is 1.44. The van der Waals surface area contributed by atoms with Gasteiger partial charge >= 0.3 is 0 Å². The van der Waals surface area contributed by atoms with E-state index in [9.17, 15) is 4.79 Å². The first-order chi connectivity index (χ1) is 14.2. The number of hydrogen-bond acceptors (Lipinski definition) is 6. The highest BCUT2D eigenvalue weighted by molar-refractivity contribution is 5.97. The van der Waals surface area contributed by atoms with Crippen LogP contribution in [-0.2, 0) is 11.2 Å². The van der Waals surface area contributed by atoms with Crippen molar-refractivity contribution >= 4 is 22.7 Å². The second-order valence-corrected chi connectivity index (χ2v) is 6.98. The highest BCUT2D eigenvalue weighted by atomic mass is 16.5. The molecule has 0 aliphatic carbocycles. The molecule has 152 valence electrons. The van der Waals surface area contributed by atoms with E-state index in [-0.39, 0.29) is 5.91 Å². The number of hydrogen-bond donors (Lipinski definition) is 0. The third-order valence-corrected chi connectivity index (χ3v) is 5.19. The number of ether oxygens (including phenoxy) is 2. The van der Waals surface area contributed by atoms with Crippen molar-refractivity contribution in [3.05, 3.63) is 53.9 Å². The van der Waals surface area contributed by atoms with Gasteiger partial charge in [0.1, 0.15) is 11.3 Å². The Morgan fingerprint density at radius 2 is 1.90 bits per heavy atom. The molecule has 1 aliphatic heterocycles. The quantitative estimate of drug-likeness (QED) is 0.639. The molecular formula is C22H25N3O4. The molecule has 0 bridgehead atoms. The van der Waals surface area contributed by atoms with Gasteiger partial charge in [-0.2, -0.15) is 0 Å². The molecule has 2 aromatic carbocycles. The first kappa shape index (κ1) is 19.3. The molecule has 29 heavy (non-hydrogen) atoms. The van der Waals surface area contributed by atoms with Crippen LogP contribution < -0.4 is 9.64 Å². The minimum atomic E-state index is 0.0152. The number of carbonyl (C=O) groups is 1. The Bertz CT molecular complexity index is 993. The van der Waals surface area contributed by atoms with Gasteiger partial charge in [-0.1, -0.05) is 12.1 Å². The van der Waals surface area contributed by atoms with Crippen LogP contribution in [0.5, 0.6) is 5.75 Å². The third kappa shape index (κ3) is 4.05. The van der Waals surface area contributed by atoms with Crippen LogP contribution in [0.3, 0.4) is 0 Å². The van der Waals surface area contributed by atoms with Crippen LogP contribution in [0, 0.1) is 0 Å². The highest BCUT2D eigenvalue weighted by Crippen LogP contribution is 2.28. The number of benzene rings is 2. The first-order valence-electron chi connectivity index (χ1n) is 9.75. The molecule has 3 aromatic rings. The summed E-state index contributed by atoms with van der Waals surface area (Å²) in [6.07, 6.45) is 0.610. The van der Waals surface area contributed by atoms with Crippen LogP contribution in [0.1, 0.15) is 16.2 Å². The number of methoxy groups -OCH3 is 2. The molecule has 0 radical (unpaired) electrons. The van der Waals surface area contributed by atoms with Crippen molar-refractivity contribution in [1.82, 2.24) is 9.88 Å². The highest BCUT2D eigenvalue weighted by Gasteiger charge is 2.24. The Morgan fingerprint density at radius 1 is 1.10 bits per heavy atom. The van der Waals surface area contributed by atoms with E-state index in [2.05, 4.69) is 16.0 Å². The number of piperazine rings is 1. The number of nitrogens with zero attached hydrogens (tertiary/aromatic N) is 3. The van der Waals surface area contributed by atoms with Crippen LogP contribution in [-0.4, -0.2) is 62.8 Å².